The second-order valence-electron chi connectivity index (χ2n) is 4.57. The standard InChI is InChI=1S/C13H20O2/c1-9-6-7-10(2)11(8-9)12(14)13(3,4)15-5/h6-8,12,14H,1-5H3. The first-order valence-corrected chi connectivity index (χ1v) is 5.19. The largest absolute Gasteiger partial charge is 0.385 e. The topological polar surface area (TPSA) is 29.5 Å². The highest BCUT2D eigenvalue weighted by molar-refractivity contribution is 5.33. The molecule has 1 aromatic rings. The smallest absolute Gasteiger partial charge is 0.108 e. The first kappa shape index (κ1) is 12.2. The van der Waals surface area contributed by atoms with Crippen LogP contribution in [-0.2, 0) is 4.74 Å². The summed E-state index contributed by atoms with van der Waals surface area (Å²) in [4.78, 5) is 0. The molecule has 0 bridgehead atoms. The van der Waals surface area contributed by atoms with E-state index < -0.39 is 11.7 Å². The number of hydrogen-bond donors (Lipinski definition) is 1. The molecule has 0 aliphatic carbocycles. The normalized spacial score (nSPS) is 14.0. The van der Waals surface area contributed by atoms with Gasteiger partial charge in [0.25, 0.3) is 0 Å². The summed E-state index contributed by atoms with van der Waals surface area (Å²) < 4.78 is 5.30. The van der Waals surface area contributed by atoms with Gasteiger partial charge in [-0.15, -0.1) is 0 Å². The molecule has 1 N–H and O–H groups in total. The van der Waals surface area contributed by atoms with Gasteiger partial charge in [0.15, 0.2) is 0 Å². The molecule has 0 spiro atoms. The van der Waals surface area contributed by atoms with Gasteiger partial charge in [-0.1, -0.05) is 23.8 Å². The first-order valence-electron chi connectivity index (χ1n) is 5.19. The zero-order valence-electron chi connectivity index (χ0n) is 10.2. The molecule has 0 saturated carbocycles. The molecule has 0 heterocycles. The van der Waals surface area contributed by atoms with Gasteiger partial charge in [0, 0.05) is 7.11 Å². The second kappa shape index (κ2) is 4.33. The molecule has 0 aromatic heterocycles. The number of ether oxygens (including phenoxy) is 1. The van der Waals surface area contributed by atoms with Crippen molar-refractivity contribution in [2.75, 3.05) is 7.11 Å². The van der Waals surface area contributed by atoms with Gasteiger partial charge >= 0.3 is 0 Å². The Morgan fingerprint density at radius 1 is 1.27 bits per heavy atom. The maximum Gasteiger partial charge on any atom is 0.108 e. The molecule has 0 radical (unpaired) electrons. The van der Waals surface area contributed by atoms with Gasteiger partial charge in [-0.2, -0.15) is 0 Å². The molecule has 0 amide bonds. The molecule has 2 nitrogen and oxygen atoms in total. The Balaban J connectivity index is 3.10. The monoisotopic (exact) mass is 208 g/mol. The van der Waals surface area contributed by atoms with E-state index in [0.717, 1.165) is 16.7 Å². The van der Waals surface area contributed by atoms with Crippen LogP contribution in [0.1, 0.15) is 36.6 Å². The third kappa shape index (κ3) is 2.58. The molecule has 1 aromatic carbocycles. The fourth-order valence-corrected chi connectivity index (χ4v) is 1.54. The van der Waals surface area contributed by atoms with Crippen LogP contribution in [0.5, 0.6) is 0 Å². The van der Waals surface area contributed by atoms with Crippen LogP contribution in [0.2, 0.25) is 0 Å². The van der Waals surface area contributed by atoms with E-state index in [1.54, 1.807) is 7.11 Å². The molecular weight excluding hydrogens is 188 g/mol. The van der Waals surface area contributed by atoms with Crippen LogP contribution in [0, 0.1) is 13.8 Å². The molecule has 1 atom stereocenters. The predicted octanol–water partition coefficient (Wildman–Crippen LogP) is 2.76. The number of benzene rings is 1. The minimum absolute atomic E-state index is 0.557. The average molecular weight is 208 g/mol. The summed E-state index contributed by atoms with van der Waals surface area (Å²) in [6.07, 6.45) is -0.595. The minimum atomic E-state index is -0.595. The molecular formula is C13H20O2. The van der Waals surface area contributed by atoms with E-state index in [0.29, 0.717) is 0 Å². The van der Waals surface area contributed by atoms with Gasteiger partial charge in [-0.25, -0.2) is 0 Å². The van der Waals surface area contributed by atoms with Crippen molar-refractivity contribution >= 4 is 0 Å². The average Bonchev–Trinajstić information content (AvgIpc) is 2.20. The van der Waals surface area contributed by atoms with Crippen molar-refractivity contribution in [1.29, 1.82) is 0 Å². The second-order valence-corrected chi connectivity index (χ2v) is 4.57. The van der Waals surface area contributed by atoms with E-state index in [-0.39, 0.29) is 0 Å². The number of aryl methyl sites for hydroxylation is 2. The van der Waals surface area contributed by atoms with E-state index in [1.807, 2.05) is 45.9 Å². The molecule has 2 heteroatoms. The number of hydrogen-bond acceptors (Lipinski definition) is 2. The Bertz CT molecular complexity index is 342. The summed E-state index contributed by atoms with van der Waals surface area (Å²) in [5.41, 5.74) is 2.64. The van der Waals surface area contributed by atoms with Gasteiger partial charge in [-0.3, -0.25) is 0 Å². The third-order valence-corrected chi connectivity index (χ3v) is 2.91. The molecule has 84 valence electrons. The van der Waals surface area contributed by atoms with Crippen molar-refractivity contribution in [2.45, 2.75) is 39.4 Å². The summed E-state index contributed by atoms with van der Waals surface area (Å²) in [6, 6.07) is 6.09. The lowest BCUT2D eigenvalue weighted by Crippen LogP contribution is -2.31. The van der Waals surface area contributed by atoms with Crippen LogP contribution >= 0.6 is 0 Å². The summed E-state index contributed by atoms with van der Waals surface area (Å²) >= 11 is 0. The zero-order valence-corrected chi connectivity index (χ0v) is 10.2. The molecule has 0 aliphatic heterocycles. The Morgan fingerprint density at radius 2 is 1.87 bits per heavy atom. The van der Waals surface area contributed by atoms with Crippen LogP contribution < -0.4 is 0 Å². The number of rotatable bonds is 3. The van der Waals surface area contributed by atoms with Crippen LogP contribution in [-0.4, -0.2) is 17.8 Å². The van der Waals surface area contributed by atoms with E-state index in [1.165, 1.54) is 0 Å². The third-order valence-electron chi connectivity index (χ3n) is 2.91. The number of aliphatic hydroxyl groups excluding tert-OH is 1. The van der Waals surface area contributed by atoms with Crippen molar-refractivity contribution in [3.63, 3.8) is 0 Å². The molecule has 0 aliphatic rings. The van der Waals surface area contributed by atoms with Crippen LogP contribution in [0.3, 0.4) is 0 Å². The number of methoxy groups -OCH3 is 1. The highest BCUT2D eigenvalue weighted by Crippen LogP contribution is 2.30. The molecule has 1 rings (SSSR count). The van der Waals surface area contributed by atoms with Crippen molar-refractivity contribution in [2.24, 2.45) is 0 Å². The minimum Gasteiger partial charge on any atom is -0.385 e. The molecule has 15 heavy (non-hydrogen) atoms. The highest BCUT2D eigenvalue weighted by Gasteiger charge is 2.29. The molecule has 0 fully saturated rings. The Hall–Kier alpha value is -0.860. The maximum absolute atomic E-state index is 10.2. The zero-order chi connectivity index (χ0) is 11.6. The van der Waals surface area contributed by atoms with Gasteiger partial charge in [-0.05, 0) is 38.8 Å². The summed E-state index contributed by atoms with van der Waals surface area (Å²) in [6.45, 7) is 7.80. The highest BCUT2D eigenvalue weighted by atomic mass is 16.5. The summed E-state index contributed by atoms with van der Waals surface area (Å²) in [5, 5.41) is 10.2. The van der Waals surface area contributed by atoms with Crippen LogP contribution in [0.15, 0.2) is 18.2 Å². The maximum atomic E-state index is 10.2. The van der Waals surface area contributed by atoms with E-state index in [9.17, 15) is 5.11 Å². The van der Waals surface area contributed by atoms with Gasteiger partial charge < -0.3 is 9.84 Å². The number of aliphatic hydroxyl groups is 1. The van der Waals surface area contributed by atoms with E-state index in [2.05, 4.69) is 0 Å². The lowest BCUT2D eigenvalue weighted by Gasteiger charge is -2.30. The molecule has 1 unspecified atom stereocenters. The van der Waals surface area contributed by atoms with E-state index in [4.69, 9.17) is 4.74 Å². The fourth-order valence-electron chi connectivity index (χ4n) is 1.54. The van der Waals surface area contributed by atoms with Crippen molar-refractivity contribution in [3.8, 4) is 0 Å². The SMILES string of the molecule is COC(C)(C)C(O)c1cc(C)ccc1C. The van der Waals surface area contributed by atoms with Crippen LogP contribution in [0.4, 0.5) is 0 Å². The van der Waals surface area contributed by atoms with Crippen LogP contribution in [0.25, 0.3) is 0 Å². The lowest BCUT2D eigenvalue weighted by molar-refractivity contribution is -0.0795. The van der Waals surface area contributed by atoms with E-state index >= 15 is 0 Å². The first-order chi connectivity index (χ1) is 6.88. The van der Waals surface area contributed by atoms with Crippen molar-refractivity contribution in [1.82, 2.24) is 0 Å². The summed E-state index contributed by atoms with van der Waals surface area (Å²) in [7, 11) is 1.62. The quantitative estimate of drug-likeness (QED) is 0.827. The van der Waals surface area contributed by atoms with Gasteiger partial charge in [0.2, 0.25) is 0 Å². The van der Waals surface area contributed by atoms with Gasteiger partial charge in [0.1, 0.15) is 6.10 Å². The van der Waals surface area contributed by atoms with Crippen molar-refractivity contribution in [3.05, 3.63) is 34.9 Å². The van der Waals surface area contributed by atoms with Crippen molar-refractivity contribution < 1.29 is 9.84 Å². The fraction of sp³-hybridized carbons (Fsp3) is 0.538. The Kier molecular flexibility index (Phi) is 3.53. The van der Waals surface area contributed by atoms with Gasteiger partial charge in [0.05, 0.1) is 5.60 Å². The Labute approximate surface area is 91.9 Å². The lowest BCUT2D eigenvalue weighted by atomic mass is 9.90. The Morgan fingerprint density at radius 3 is 2.40 bits per heavy atom. The summed E-state index contributed by atoms with van der Waals surface area (Å²) in [5.74, 6) is 0. The molecule has 0 saturated heterocycles. The predicted molar refractivity (Wildman–Crippen MR) is 62.0 cm³/mol.